The molecule has 0 spiro atoms. The Labute approximate surface area is 110 Å². The lowest BCUT2D eigenvalue weighted by Crippen LogP contribution is -2.46. The second-order valence-corrected chi connectivity index (χ2v) is 4.78. The molecule has 0 bridgehead atoms. The minimum atomic E-state index is -0.566. The van der Waals surface area contributed by atoms with Gasteiger partial charge >= 0.3 is 0 Å². The molecule has 2 aliphatic rings. The first-order valence-corrected chi connectivity index (χ1v) is 6.28. The van der Waals surface area contributed by atoms with E-state index in [0.29, 0.717) is 12.1 Å². The third kappa shape index (κ3) is 1.20. The molecule has 19 heavy (non-hydrogen) atoms. The van der Waals surface area contributed by atoms with Crippen LogP contribution in [-0.4, -0.2) is 34.1 Å². The number of carbonyl (C=O) groups is 1. The number of fused-ring (bicyclic) bond motifs is 3. The molecule has 1 aromatic carbocycles. The van der Waals surface area contributed by atoms with Crippen LogP contribution in [0.4, 0.5) is 0 Å². The average Bonchev–Trinajstić information content (AvgIpc) is 3.01. The molecule has 1 N–H and O–H groups in total. The van der Waals surface area contributed by atoms with Crippen LogP contribution in [0.25, 0.3) is 0 Å². The van der Waals surface area contributed by atoms with Crippen molar-refractivity contribution in [1.82, 2.24) is 20.4 Å². The van der Waals surface area contributed by atoms with Crippen molar-refractivity contribution in [2.45, 2.75) is 5.66 Å². The molecular formula is C14H12N4O. The Balaban J connectivity index is 2.02. The Morgan fingerprint density at radius 2 is 1.95 bits per heavy atom. The third-order valence-electron chi connectivity index (χ3n) is 3.91. The summed E-state index contributed by atoms with van der Waals surface area (Å²) in [6.07, 6.45) is 3.25. The van der Waals surface area contributed by atoms with E-state index in [-0.39, 0.29) is 5.91 Å². The SMILES string of the molecule is O=C1c2cnncc2[C@@]2(c3ccccc3)NCCN12. The summed E-state index contributed by atoms with van der Waals surface area (Å²) in [5.74, 6) is 0.0266. The molecule has 2 aliphatic heterocycles. The lowest BCUT2D eigenvalue weighted by Gasteiger charge is -2.33. The van der Waals surface area contributed by atoms with Crippen molar-refractivity contribution in [2.24, 2.45) is 0 Å². The van der Waals surface area contributed by atoms with Gasteiger partial charge in [0.15, 0.2) is 0 Å². The van der Waals surface area contributed by atoms with Gasteiger partial charge in [0.05, 0.1) is 18.0 Å². The molecule has 2 aromatic rings. The van der Waals surface area contributed by atoms with E-state index < -0.39 is 5.66 Å². The molecule has 5 nitrogen and oxygen atoms in total. The largest absolute Gasteiger partial charge is 0.311 e. The topological polar surface area (TPSA) is 58.1 Å². The van der Waals surface area contributed by atoms with Crippen molar-refractivity contribution >= 4 is 5.91 Å². The number of rotatable bonds is 1. The Morgan fingerprint density at radius 1 is 1.16 bits per heavy atom. The van der Waals surface area contributed by atoms with Gasteiger partial charge in [-0.25, -0.2) is 0 Å². The molecule has 1 fully saturated rings. The summed E-state index contributed by atoms with van der Waals surface area (Å²) < 4.78 is 0. The second-order valence-electron chi connectivity index (χ2n) is 4.78. The normalized spacial score (nSPS) is 24.4. The van der Waals surface area contributed by atoms with Gasteiger partial charge in [0, 0.05) is 18.7 Å². The van der Waals surface area contributed by atoms with Gasteiger partial charge in [-0.15, -0.1) is 0 Å². The van der Waals surface area contributed by atoms with Crippen LogP contribution in [0.3, 0.4) is 0 Å². The second kappa shape index (κ2) is 3.61. The minimum absolute atomic E-state index is 0.0266. The van der Waals surface area contributed by atoms with Gasteiger partial charge in [-0.05, 0) is 5.56 Å². The molecule has 0 radical (unpaired) electrons. The predicted octanol–water partition coefficient (Wildman–Crippen LogP) is 0.737. The van der Waals surface area contributed by atoms with Crippen LogP contribution < -0.4 is 5.32 Å². The highest BCUT2D eigenvalue weighted by molar-refractivity contribution is 6.00. The molecule has 1 aromatic heterocycles. The fourth-order valence-electron chi connectivity index (χ4n) is 3.12. The first-order valence-electron chi connectivity index (χ1n) is 6.28. The molecule has 5 heteroatoms. The summed E-state index contributed by atoms with van der Waals surface area (Å²) in [6.45, 7) is 1.48. The van der Waals surface area contributed by atoms with Crippen molar-refractivity contribution in [1.29, 1.82) is 0 Å². The quantitative estimate of drug-likeness (QED) is 0.813. The van der Waals surface area contributed by atoms with E-state index in [4.69, 9.17) is 0 Å². The number of hydrogen-bond acceptors (Lipinski definition) is 4. The highest BCUT2D eigenvalue weighted by Crippen LogP contribution is 2.43. The lowest BCUT2D eigenvalue weighted by molar-refractivity contribution is 0.0694. The van der Waals surface area contributed by atoms with E-state index in [1.165, 1.54) is 0 Å². The molecule has 1 saturated heterocycles. The molecule has 1 amide bonds. The Bertz CT molecular complexity index is 658. The summed E-state index contributed by atoms with van der Waals surface area (Å²) in [5.41, 5.74) is 2.04. The van der Waals surface area contributed by atoms with Gasteiger partial charge in [-0.1, -0.05) is 30.3 Å². The van der Waals surface area contributed by atoms with Gasteiger partial charge in [-0.2, -0.15) is 10.2 Å². The van der Waals surface area contributed by atoms with E-state index in [1.54, 1.807) is 12.4 Å². The molecule has 1 atom stereocenters. The van der Waals surface area contributed by atoms with Crippen LogP contribution in [0.15, 0.2) is 42.7 Å². The van der Waals surface area contributed by atoms with Crippen molar-refractivity contribution in [3.05, 3.63) is 59.4 Å². The van der Waals surface area contributed by atoms with E-state index in [9.17, 15) is 4.79 Å². The number of nitrogens with zero attached hydrogens (tertiary/aromatic N) is 3. The number of hydrogen-bond donors (Lipinski definition) is 1. The first-order chi connectivity index (χ1) is 9.34. The maximum atomic E-state index is 12.5. The Hall–Kier alpha value is -2.27. The zero-order valence-electron chi connectivity index (χ0n) is 10.2. The molecule has 0 aliphatic carbocycles. The average molecular weight is 252 g/mol. The zero-order valence-corrected chi connectivity index (χ0v) is 10.2. The number of amides is 1. The maximum absolute atomic E-state index is 12.5. The van der Waals surface area contributed by atoms with E-state index in [2.05, 4.69) is 15.5 Å². The number of benzene rings is 1. The lowest BCUT2D eigenvalue weighted by atomic mass is 9.93. The maximum Gasteiger partial charge on any atom is 0.258 e. The number of aromatic nitrogens is 2. The van der Waals surface area contributed by atoms with Gasteiger partial charge in [-0.3, -0.25) is 10.1 Å². The van der Waals surface area contributed by atoms with Crippen molar-refractivity contribution in [3.63, 3.8) is 0 Å². The van der Waals surface area contributed by atoms with Crippen molar-refractivity contribution in [2.75, 3.05) is 13.1 Å². The molecule has 4 rings (SSSR count). The van der Waals surface area contributed by atoms with Crippen LogP contribution in [0.1, 0.15) is 21.5 Å². The van der Waals surface area contributed by atoms with Gasteiger partial charge in [0.25, 0.3) is 5.91 Å². The van der Waals surface area contributed by atoms with E-state index >= 15 is 0 Å². The van der Waals surface area contributed by atoms with Crippen LogP contribution in [0.2, 0.25) is 0 Å². The molecule has 94 valence electrons. The number of carbonyl (C=O) groups excluding carboxylic acids is 1. The minimum Gasteiger partial charge on any atom is -0.311 e. The smallest absolute Gasteiger partial charge is 0.258 e. The third-order valence-corrected chi connectivity index (χ3v) is 3.91. The summed E-state index contributed by atoms with van der Waals surface area (Å²) >= 11 is 0. The van der Waals surface area contributed by atoms with Crippen LogP contribution in [0.5, 0.6) is 0 Å². The summed E-state index contributed by atoms with van der Waals surface area (Å²) in [7, 11) is 0. The van der Waals surface area contributed by atoms with Crippen LogP contribution in [0, 0.1) is 0 Å². The van der Waals surface area contributed by atoms with Gasteiger partial charge in [0.2, 0.25) is 0 Å². The summed E-state index contributed by atoms with van der Waals surface area (Å²) in [4.78, 5) is 14.3. The first kappa shape index (κ1) is 10.6. The van der Waals surface area contributed by atoms with Crippen LogP contribution in [-0.2, 0) is 5.66 Å². The Morgan fingerprint density at radius 3 is 2.79 bits per heavy atom. The summed E-state index contributed by atoms with van der Waals surface area (Å²) in [6, 6.07) is 10.0. The highest BCUT2D eigenvalue weighted by Gasteiger charge is 2.53. The van der Waals surface area contributed by atoms with E-state index in [1.807, 2.05) is 35.2 Å². The molecular weight excluding hydrogens is 240 g/mol. The predicted molar refractivity (Wildman–Crippen MR) is 68.3 cm³/mol. The van der Waals surface area contributed by atoms with Gasteiger partial charge in [0.1, 0.15) is 5.66 Å². The highest BCUT2D eigenvalue weighted by atomic mass is 16.2. The van der Waals surface area contributed by atoms with Gasteiger partial charge < -0.3 is 4.90 Å². The monoisotopic (exact) mass is 252 g/mol. The molecule has 3 heterocycles. The van der Waals surface area contributed by atoms with E-state index in [0.717, 1.165) is 17.7 Å². The summed E-state index contributed by atoms with van der Waals surface area (Å²) in [5, 5.41) is 11.3. The molecule has 0 saturated carbocycles. The molecule has 0 unspecified atom stereocenters. The van der Waals surface area contributed by atoms with Crippen LogP contribution >= 0.6 is 0 Å². The fourth-order valence-corrected chi connectivity index (χ4v) is 3.12. The standard InChI is InChI=1S/C14H12N4O/c19-13-11-8-16-17-9-12(11)14(15-6-7-18(13)14)10-4-2-1-3-5-10/h1-5,8-9,15H,6-7H2/t14-/m0/s1. The van der Waals surface area contributed by atoms with Crippen molar-refractivity contribution < 1.29 is 4.79 Å². The fraction of sp³-hybridized carbons (Fsp3) is 0.214. The van der Waals surface area contributed by atoms with Crippen molar-refractivity contribution in [3.8, 4) is 0 Å². The zero-order chi connectivity index (χ0) is 12.9. The number of nitrogens with one attached hydrogen (secondary N) is 1. The Kier molecular flexibility index (Phi) is 2.02.